The van der Waals surface area contributed by atoms with Crippen LogP contribution in [-0.2, 0) is 6.42 Å². The average molecular weight is 439 g/mol. The highest BCUT2D eigenvalue weighted by molar-refractivity contribution is 5.94. The number of fused-ring (bicyclic) bond motifs is 1. The van der Waals surface area contributed by atoms with Crippen molar-refractivity contribution in [2.45, 2.75) is 12.5 Å². The molecule has 1 amide bonds. The molecule has 166 valence electrons. The second-order valence-corrected chi connectivity index (χ2v) is 7.44. The molecule has 5 nitrogen and oxygen atoms in total. The van der Waals surface area contributed by atoms with Gasteiger partial charge >= 0.3 is 0 Å². The van der Waals surface area contributed by atoms with Crippen molar-refractivity contribution >= 4 is 5.91 Å². The normalized spacial score (nSPS) is 15.1. The second-order valence-electron chi connectivity index (χ2n) is 7.44. The summed E-state index contributed by atoms with van der Waals surface area (Å²) in [5.41, 5.74) is 2.30. The smallest absolute Gasteiger partial charge is 0.254 e. The Morgan fingerprint density at radius 3 is 2.16 bits per heavy atom. The molecule has 1 heterocycles. The summed E-state index contributed by atoms with van der Waals surface area (Å²) in [7, 11) is 3.13. The third-order valence-corrected chi connectivity index (χ3v) is 5.58. The Morgan fingerprint density at radius 1 is 0.938 bits per heavy atom. The number of rotatable bonds is 6. The lowest BCUT2D eigenvalue weighted by Crippen LogP contribution is -2.42. The number of hydrogen-bond acceptors (Lipinski definition) is 4. The number of hydrogen-bond donors (Lipinski definition) is 0. The van der Waals surface area contributed by atoms with E-state index in [4.69, 9.17) is 14.2 Å². The van der Waals surface area contributed by atoms with E-state index in [2.05, 4.69) is 0 Å². The molecule has 0 aliphatic carbocycles. The number of methoxy groups -OCH3 is 2. The number of carbonyl (C=O) groups is 1. The van der Waals surface area contributed by atoms with Gasteiger partial charge < -0.3 is 19.1 Å². The van der Waals surface area contributed by atoms with Gasteiger partial charge in [0.15, 0.2) is 11.5 Å². The lowest BCUT2D eigenvalue weighted by atomic mass is 9.91. The number of carbonyl (C=O) groups excluding carboxylic acids is 1. The van der Waals surface area contributed by atoms with Crippen LogP contribution in [0.25, 0.3) is 0 Å². The highest BCUT2D eigenvalue weighted by Gasteiger charge is 2.33. The zero-order valence-electron chi connectivity index (χ0n) is 17.8. The summed E-state index contributed by atoms with van der Waals surface area (Å²) in [6.45, 7) is 0.608. The van der Waals surface area contributed by atoms with E-state index in [-0.39, 0.29) is 18.3 Å². The van der Waals surface area contributed by atoms with Gasteiger partial charge in [0.2, 0.25) is 0 Å². The summed E-state index contributed by atoms with van der Waals surface area (Å²) in [4.78, 5) is 15.0. The fraction of sp³-hybridized carbons (Fsp3) is 0.240. The Balaban J connectivity index is 1.69. The summed E-state index contributed by atoms with van der Waals surface area (Å²) >= 11 is 0. The highest BCUT2D eigenvalue weighted by atomic mass is 19.1. The van der Waals surface area contributed by atoms with Crippen molar-refractivity contribution in [1.29, 1.82) is 0 Å². The summed E-state index contributed by atoms with van der Waals surface area (Å²) in [5.74, 6) is 0.673. The largest absolute Gasteiger partial charge is 0.493 e. The molecule has 32 heavy (non-hydrogen) atoms. The maximum absolute atomic E-state index is 13.4. The van der Waals surface area contributed by atoms with E-state index in [9.17, 15) is 13.6 Å². The molecule has 3 aromatic carbocycles. The van der Waals surface area contributed by atoms with E-state index in [1.54, 1.807) is 31.3 Å². The van der Waals surface area contributed by atoms with Crippen LogP contribution in [-0.4, -0.2) is 38.2 Å². The van der Waals surface area contributed by atoms with Crippen LogP contribution >= 0.6 is 0 Å². The van der Waals surface area contributed by atoms with Crippen molar-refractivity contribution in [2.75, 3.05) is 27.4 Å². The van der Waals surface area contributed by atoms with Gasteiger partial charge in [0.05, 0.1) is 20.3 Å². The zero-order valence-corrected chi connectivity index (χ0v) is 17.8. The number of amides is 1. The van der Waals surface area contributed by atoms with Crippen LogP contribution in [0.3, 0.4) is 0 Å². The van der Waals surface area contributed by atoms with E-state index in [0.29, 0.717) is 35.8 Å². The summed E-state index contributed by atoms with van der Waals surface area (Å²) in [5, 5.41) is 0. The van der Waals surface area contributed by atoms with Gasteiger partial charge in [0, 0.05) is 12.1 Å². The van der Waals surface area contributed by atoms with E-state index in [1.807, 2.05) is 12.1 Å². The quantitative estimate of drug-likeness (QED) is 0.554. The van der Waals surface area contributed by atoms with Gasteiger partial charge in [-0.05, 0) is 78.2 Å². The van der Waals surface area contributed by atoms with Gasteiger partial charge in [-0.2, -0.15) is 0 Å². The van der Waals surface area contributed by atoms with Crippen molar-refractivity contribution in [3.8, 4) is 17.2 Å². The molecular formula is C25H23F2NO4. The average Bonchev–Trinajstić information content (AvgIpc) is 2.82. The van der Waals surface area contributed by atoms with Gasteiger partial charge in [-0.1, -0.05) is 0 Å². The third-order valence-electron chi connectivity index (χ3n) is 5.58. The predicted molar refractivity (Wildman–Crippen MR) is 115 cm³/mol. The van der Waals surface area contributed by atoms with Crippen LogP contribution in [0.15, 0.2) is 60.7 Å². The van der Waals surface area contributed by atoms with Crippen LogP contribution in [0.5, 0.6) is 17.2 Å². The van der Waals surface area contributed by atoms with Crippen molar-refractivity contribution in [3.05, 3.63) is 89.0 Å². The predicted octanol–water partition coefficient (Wildman–Crippen LogP) is 4.80. The minimum Gasteiger partial charge on any atom is -0.493 e. The third kappa shape index (κ3) is 4.37. The molecule has 0 N–H and O–H groups in total. The first-order valence-electron chi connectivity index (χ1n) is 10.2. The zero-order chi connectivity index (χ0) is 22.7. The minimum atomic E-state index is -0.429. The summed E-state index contributed by atoms with van der Waals surface area (Å²) in [6, 6.07) is 14.5. The van der Waals surface area contributed by atoms with Gasteiger partial charge in [-0.3, -0.25) is 4.79 Å². The summed E-state index contributed by atoms with van der Waals surface area (Å²) < 4.78 is 43.4. The molecular weight excluding hydrogens is 416 g/mol. The number of ether oxygens (including phenoxy) is 3. The fourth-order valence-corrected chi connectivity index (χ4v) is 3.92. The SMILES string of the molecule is COc1cc2c(cc1OC)C(COc1ccc(F)cc1)N(C(=O)c1ccc(F)cc1)CC2. The van der Waals surface area contributed by atoms with Crippen molar-refractivity contribution in [2.24, 2.45) is 0 Å². The lowest BCUT2D eigenvalue weighted by molar-refractivity contribution is 0.0589. The molecule has 1 aliphatic heterocycles. The Bertz CT molecular complexity index is 1100. The highest BCUT2D eigenvalue weighted by Crippen LogP contribution is 2.39. The molecule has 0 fully saturated rings. The summed E-state index contributed by atoms with van der Waals surface area (Å²) in [6.07, 6.45) is 0.621. The molecule has 7 heteroatoms. The maximum Gasteiger partial charge on any atom is 0.254 e. The molecule has 1 unspecified atom stereocenters. The van der Waals surface area contributed by atoms with Crippen LogP contribution in [0.1, 0.15) is 27.5 Å². The first-order valence-corrected chi connectivity index (χ1v) is 10.2. The maximum atomic E-state index is 13.4. The Labute approximate surface area is 185 Å². The second kappa shape index (κ2) is 9.26. The fourth-order valence-electron chi connectivity index (χ4n) is 3.92. The molecule has 0 aromatic heterocycles. The number of halogens is 2. The molecule has 3 aromatic rings. The van der Waals surface area contributed by atoms with Crippen LogP contribution in [0.4, 0.5) is 8.78 Å². The molecule has 1 atom stereocenters. The van der Waals surface area contributed by atoms with E-state index < -0.39 is 11.9 Å². The van der Waals surface area contributed by atoms with Crippen LogP contribution in [0, 0.1) is 11.6 Å². The first-order chi connectivity index (χ1) is 15.5. The topological polar surface area (TPSA) is 48.0 Å². The van der Waals surface area contributed by atoms with Crippen molar-refractivity contribution < 1.29 is 27.8 Å². The lowest BCUT2D eigenvalue weighted by Gasteiger charge is -2.37. The molecule has 0 saturated heterocycles. The van der Waals surface area contributed by atoms with Crippen molar-refractivity contribution in [1.82, 2.24) is 4.90 Å². The van der Waals surface area contributed by atoms with Crippen molar-refractivity contribution in [3.63, 3.8) is 0 Å². The first kappa shape index (κ1) is 21.6. The Morgan fingerprint density at radius 2 is 1.53 bits per heavy atom. The standard InChI is InChI=1S/C25H23F2NO4/c1-30-23-13-17-11-12-28(25(29)16-3-5-18(26)6-4-16)22(21(17)14-24(23)31-2)15-32-20-9-7-19(27)8-10-20/h3-10,13-14,22H,11-12,15H2,1-2H3. The molecule has 0 saturated carbocycles. The van der Waals surface area contributed by atoms with Gasteiger partial charge in [0.25, 0.3) is 5.91 Å². The Kier molecular flexibility index (Phi) is 6.25. The Hall–Kier alpha value is -3.61. The molecule has 0 radical (unpaired) electrons. The number of nitrogens with zero attached hydrogens (tertiary/aromatic N) is 1. The minimum absolute atomic E-state index is 0.154. The van der Waals surface area contributed by atoms with Gasteiger partial charge in [0.1, 0.15) is 24.0 Å². The molecule has 4 rings (SSSR count). The monoisotopic (exact) mass is 439 g/mol. The van der Waals surface area contributed by atoms with E-state index in [1.165, 1.54) is 36.4 Å². The molecule has 1 aliphatic rings. The van der Waals surface area contributed by atoms with Crippen LogP contribution < -0.4 is 14.2 Å². The van der Waals surface area contributed by atoms with E-state index >= 15 is 0 Å². The molecule has 0 spiro atoms. The van der Waals surface area contributed by atoms with Gasteiger partial charge in [-0.25, -0.2) is 8.78 Å². The molecule has 0 bridgehead atoms. The van der Waals surface area contributed by atoms with Gasteiger partial charge in [-0.15, -0.1) is 0 Å². The van der Waals surface area contributed by atoms with E-state index in [0.717, 1.165) is 11.1 Å². The number of benzene rings is 3. The van der Waals surface area contributed by atoms with Crippen LogP contribution in [0.2, 0.25) is 0 Å².